The first-order chi connectivity index (χ1) is 13.0. The van der Waals surface area contributed by atoms with Gasteiger partial charge in [-0.1, -0.05) is 11.6 Å². The lowest BCUT2D eigenvalue weighted by molar-refractivity contribution is 0.0620. The zero-order chi connectivity index (χ0) is 19.0. The Balaban J connectivity index is 0.00000225. The van der Waals surface area contributed by atoms with Crippen LogP contribution in [0.15, 0.2) is 42.9 Å². The summed E-state index contributed by atoms with van der Waals surface area (Å²) in [7, 11) is 1.95. The zero-order valence-corrected chi connectivity index (χ0v) is 17.2. The van der Waals surface area contributed by atoms with Gasteiger partial charge in [0.2, 0.25) is 0 Å². The zero-order valence-electron chi connectivity index (χ0n) is 15.7. The van der Waals surface area contributed by atoms with Crippen molar-refractivity contribution in [3.05, 3.63) is 65.0 Å². The van der Waals surface area contributed by atoms with E-state index in [-0.39, 0.29) is 24.4 Å². The quantitative estimate of drug-likeness (QED) is 0.707. The predicted molar refractivity (Wildman–Crippen MR) is 110 cm³/mol. The number of aromatic nitrogens is 4. The summed E-state index contributed by atoms with van der Waals surface area (Å²) in [5.74, 6) is 0.848. The van der Waals surface area contributed by atoms with Gasteiger partial charge in [-0.25, -0.2) is 9.67 Å². The van der Waals surface area contributed by atoms with Crippen molar-refractivity contribution in [2.75, 3.05) is 19.6 Å². The molecule has 1 unspecified atom stereocenters. The second-order valence-electron chi connectivity index (χ2n) is 6.66. The van der Waals surface area contributed by atoms with E-state index in [9.17, 15) is 4.79 Å². The highest BCUT2D eigenvalue weighted by atomic mass is 35.5. The number of hydrogen-bond acceptors (Lipinski definition) is 4. The van der Waals surface area contributed by atoms with Gasteiger partial charge in [-0.15, -0.1) is 12.4 Å². The Morgan fingerprint density at radius 2 is 2.04 bits per heavy atom. The number of carbonyl (C=O) groups is 1. The van der Waals surface area contributed by atoms with Crippen molar-refractivity contribution in [1.82, 2.24) is 29.5 Å². The summed E-state index contributed by atoms with van der Waals surface area (Å²) in [4.78, 5) is 19.7. The lowest BCUT2D eigenvalue weighted by Gasteiger charge is -2.35. The van der Waals surface area contributed by atoms with Crippen LogP contribution in [-0.2, 0) is 7.05 Å². The van der Waals surface area contributed by atoms with Crippen LogP contribution in [0.5, 0.6) is 0 Å². The number of carbonyl (C=O) groups excluding carboxylic acids is 1. The molecule has 1 aliphatic heterocycles. The van der Waals surface area contributed by atoms with Gasteiger partial charge in [-0.3, -0.25) is 4.79 Å². The van der Waals surface area contributed by atoms with Crippen LogP contribution < -0.4 is 5.32 Å². The van der Waals surface area contributed by atoms with Gasteiger partial charge in [0.1, 0.15) is 11.9 Å². The number of benzene rings is 1. The lowest BCUT2D eigenvalue weighted by atomic mass is 10.1. The molecule has 0 saturated carbocycles. The molecular formula is C19H22Cl2N6O. The average molecular weight is 421 g/mol. The van der Waals surface area contributed by atoms with Crippen LogP contribution in [0.25, 0.3) is 5.69 Å². The van der Waals surface area contributed by atoms with E-state index in [1.165, 1.54) is 0 Å². The number of amides is 1. The molecule has 4 rings (SSSR count). The molecule has 1 N–H and O–H groups in total. The van der Waals surface area contributed by atoms with E-state index in [4.69, 9.17) is 11.6 Å². The number of halogens is 2. The largest absolute Gasteiger partial charge is 0.336 e. The van der Waals surface area contributed by atoms with Gasteiger partial charge in [0.15, 0.2) is 0 Å². The second-order valence-corrected chi connectivity index (χ2v) is 7.10. The molecule has 1 aromatic carbocycles. The average Bonchev–Trinajstić information content (AvgIpc) is 3.27. The van der Waals surface area contributed by atoms with E-state index in [0.29, 0.717) is 29.4 Å². The van der Waals surface area contributed by atoms with Gasteiger partial charge in [0.25, 0.3) is 5.91 Å². The fourth-order valence-electron chi connectivity index (χ4n) is 3.43. The summed E-state index contributed by atoms with van der Waals surface area (Å²) in [6.45, 7) is 3.93. The fraction of sp³-hybridized carbons (Fsp3) is 0.316. The molecule has 1 aliphatic rings. The minimum Gasteiger partial charge on any atom is -0.336 e. The van der Waals surface area contributed by atoms with Crippen LogP contribution in [0.1, 0.15) is 27.9 Å². The van der Waals surface area contributed by atoms with E-state index in [2.05, 4.69) is 15.4 Å². The van der Waals surface area contributed by atoms with E-state index in [0.717, 1.165) is 18.1 Å². The first-order valence-electron chi connectivity index (χ1n) is 8.85. The van der Waals surface area contributed by atoms with Gasteiger partial charge in [-0.2, -0.15) is 5.10 Å². The molecule has 1 saturated heterocycles. The molecule has 0 aliphatic carbocycles. The smallest absolute Gasteiger partial charge is 0.258 e. The highest BCUT2D eigenvalue weighted by Gasteiger charge is 2.32. The molecule has 0 radical (unpaired) electrons. The normalized spacial score (nSPS) is 16.7. The predicted octanol–water partition coefficient (Wildman–Crippen LogP) is 2.78. The molecule has 28 heavy (non-hydrogen) atoms. The number of nitrogens with one attached hydrogen (secondary N) is 1. The van der Waals surface area contributed by atoms with Gasteiger partial charge in [0.05, 0.1) is 16.9 Å². The summed E-state index contributed by atoms with van der Waals surface area (Å²) >= 11 is 5.96. The summed E-state index contributed by atoms with van der Waals surface area (Å²) in [6, 6.07) is 7.27. The first kappa shape index (κ1) is 20.4. The van der Waals surface area contributed by atoms with Crippen molar-refractivity contribution in [3.8, 4) is 5.69 Å². The van der Waals surface area contributed by atoms with Crippen molar-refractivity contribution in [3.63, 3.8) is 0 Å². The highest BCUT2D eigenvalue weighted by molar-refractivity contribution is 6.30. The van der Waals surface area contributed by atoms with Gasteiger partial charge in [-0.05, 0) is 31.2 Å². The standard InChI is InChI=1S/C19H21ClN6O.ClH/c1-13-16(12-26(23-13)15-5-3-14(20)4-6-15)19(27)25-10-7-21-11-17(25)18-22-8-9-24(18)2;/h3-6,8-9,12,17,21H,7,10-11H2,1-2H3;1H. The maximum absolute atomic E-state index is 13.3. The first-order valence-corrected chi connectivity index (χ1v) is 9.23. The molecule has 3 aromatic rings. The number of rotatable bonds is 3. The maximum Gasteiger partial charge on any atom is 0.258 e. The number of imidazole rings is 1. The Labute approximate surface area is 174 Å². The Kier molecular flexibility index (Phi) is 6.07. The summed E-state index contributed by atoms with van der Waals surface area (Å²) < 4.78 is 3.68. The molecule has 148 valence electrons. The Hall–Kier alpha value is -2.35. The monoisotopic (exact) mass is 420 g/mol. The number of nitrogens with zero attached hydrogens (tertiary/aromatic N) is 5. The Morgan fingerprint density at radius 1 is 1.29 bits per heavy atom. The maximum atomic E-state index is 13.3. The molecule has 0 bridgehead atoms. The minimum atomic E-state index is -0.107. The van der Waals surface area contributed by atoms with Crippen molar-refractivity contribution in [2.45, 2.75) is 13.0 Å². The van der Waals surface area contributed by atoms with Crippen LogP contribution >= 0.6 is 24.0 Å². The van der Waals surface area contributed by atoms with Crippen LogP contribution in [-0.4, -0.2) is 49.8 Å². The topological polar surface area (TPSA) is 68.0 Å². The van der Waals surface area contributed by atoms with E-state index >= 15 is 0 Å². The van der Waals surface area contributed by atoms with Gasteiger partial charge in [0, 0.05) is 50.3 Å². The number of aryl methyl sites for hydroxylation is 2. The Morgan fingerprint density at radius 3 is 2.71 bits per heavy atom. The van der Waals surface area contributed by atoms with Crippen molar-refractivity contribution in [1.29, 1.82) is 0 Å². The third kappa shape index (κ3) is 3.78. The molecule has 1 atom stereocenters. The van der Waals surface area contributed by atoms with Gasteiger partial charge < -0.3 is 14.8 Å². The molecular weight excluding hydrogens is 399 g/mol. The molecule has 0 spiro atoms. The van der Waals surface area contributed by atoms with E-state index in [1.54, 1.807) is 17.1 Å². The van der Waals surface area contributed by atoms with Crippen LogP contribution in [0.4, 0.5) is 0 Å². The van der Waals surface area contributed by atoms with Crippen molar-refractivity contribution >= 4 is 29.9 Å². The summed E-state index contributed by atoms with van der Waals surface area (Å²) in [5, 5.41) is 8.54. The molecule has 7 nitrogen and oxygen atoms in total. The van der Waals surface area contributed by atoms with Crippen LogP contribution in [0, 0.1) is 6.92 Å². The number of piperazine rings is 1. The molecule has 3 heterocycles. The fourth-order valence-corrected chi connectivity index (χ4v) is 3.55. The molecule has 1 amide bonds. The van der Waals surface area contributed by atoms with Gasteiger partial charge >= 0.3 is 0 Å². The Bertz CT molecular complexity index is 965. The lowest BCUT2D eigenvalue weighted by Crippen LogP contribution is -2.49. The van der Waals surface area contributed by atoms with E-state index in [1.807, 2.05) is 53.9 Å². The molecule has 1 fully saturated rings. The summed E-state index contributed by atoms with van der Waals surface area (Å²) in [5.41, 5.74) is 2.17. The van der Waals surface area contributed by atoms with Crippen molar-refractivity contribution in [2.24, 2.45) is 7.05 Å². The molecule has 9 heteroatoms. The third-order valence-corrected chi connectivity index (χ3v) is 5.13. The highest BCUT2D eigenvalue weighted by Crippen LogP contribution is 2.24. The third-order valence-electron chi connectivity index (χ3n) is 4.88. The van der Waals surface area contributed by atoms with Crippen molar-refractivity contribution < 1.29 is 4.79 Å². The van der Waals surface area contributed by atoms with Crippen LogP contribution in [0.2, 0.25) is 5.02 Å². The summed E-state index contributed by atoms with van der Waals surface area (Å²) in [6.07, 6.45) is 5.45. The van der Waals surface area contributed by atoms with Crippen LogP contribution in [0.3, 0.4) is 0 Å². The second kappa shape index (κ2) is 8.34. The SMILES string of the molecule is Cc1nn(-c2ccc(Cl)cc2)cc1C(=O)N1CCNCC1c1nccn1C.Cl. The van der Waals surface area contributed by atoms with E-state index < -0.39 is 0 Å². The molecule has 2 aromatic heterocycles. The minimum absolute atomic E-state index is 0. The number of hydrogen-bond donors (Lipinski definition) is 1.